The van der Waals surface area contributed by atoms with Gasteiger partial charge in [0.2, 0.25) is 0 Å². The van der Waals surface area contributed by atoms with E-state index in [2.05, 4.69) is 6.07 Å². The monoisotopic (exact) mass is 372 g/mol. The SMILES string of the molecule is O=c1oc2c(c(O)c1C(c1cccc(CCl)c1)C1CC1)CCCCCC2. The van der Waals surface area contributed by atoms with E-state index in [0.29, 0.717) is 23.1 Å². The first-order valence-corrected chi connectivity index (χ1v) is 10.2. The van der Waals surface area contributed by atoms with Crippen LogP contribution in [0, 0.1) is 5.92 Å². The van der Waals surface area contributed by atoms with E-state index >= 15 is 0 Å². The number of alkyl halides is 1. The summed E-state index contributed by atoms with van der Waals surface area (Å²) in [5, 5.41) is 11.1. The summed E-state index contributed by atoms with van der Waals surface area (Å²) in [6.45, 7) is 0. The number of benzene rings is 1. The molecule has 0 aliphatic heterocycles. The maximum atomic E-state index is 12.9. The average Bonchev–Trinajstić information content (AvgIpc) is 3.45. The summed E-state index contributed by atoms with van der Waals surface area (Å²) in [6.07, 6.45) is 8.05. The summed E-state index contributed by atoms with van der Waals surface area (Å²) in [4.78, 5) is 12.9. The Balaban J connectivity index is 1.83. The maximum absolute atomic E-state index is 12.9. The average molecular weight is 373 g/mol. The van der Waals surface area contributed by atoms with Gasteiger partial charge in [0, 0.05) is 23.8 Å². The van der Waals surface area contributed by atoms with Gasteiger partial charge in [0.1, 0.15) is 11.5 Å². The normalized spacial score (nSPS) is 18.7. The Labute approximate surface area is 159 Å². The van der Waals surface area contributed by atoms with Crippen molar-refractivity contribution in [2.45, 2.75) is 63.2 Å². The molecule has 4 rings (SSSR count). The molecule has 1 unspecified atom stereocenters. The zero-order valence-electron chi connectivity index (χ0n) is 15.0. The van der Waals surface area contributed by atoms with Crippen LogP contribution in [0.3, 0.4) is 0 Å². The molecular weight excluding hydrogens is 348 g/mol. The minimum absolute atomic E-state index is 0.106. The van der Waals surface area contributed by atoms with Crippen LogP contribution in [0.2, 0.25) is 0 Å². The number of halogens is 1. The molecule has 3 nitrogen and oxygen atoms in total. The zero-order valence-corrected chi connectivity index (χ0v) is 15.7. The molecule has 4 heteroatoms. The summed E-state index contributed by atoms with van der Waals surface area (Å²) in [6, 6.07) is 8.07. The van der Waals surface area contributed by atoms with Crippen molar-refractivity contribution in [3.63, 3.8) is 0 Å². The van der Waals surface area contributed by atoms with Gasteiger partial charge in [-0.2, -0.15) is 0 Å². The van der Waals surface area contributed by atoms with E-state index in [4.69, 9.17) is 16.0 Å². The second-order valence-corrected chi connectivity index (χ2v) is 7.93. The lowest BCUT2D eigenvalue weighted by molar-refractivity contribution is 0.382. The van der Waals surface area contributed by atoms with Gasteiger partial charge in [-0.3, -0.25) is 0 Å². The van der Waals surface area contributed by atoms with Gasteiger partial charge in [-0.1, -0.05) is 37.1 Å². The van der Waals surface area contributed by atoms with Gasteiger partial charge in [-0.15, -0.1) is 11.6 Å². The van der Waals surface area contributed by atoms with Crippen LogP contribution in [0.15, 0.2) is 33.5 Å². The van der Waals surface area contributed by atoms with E-state index in [1.165, 1.54) is 0 Å². The molecule has 0 radical (unpaired) electrons. The van der Waals surface area contributed by atoms with Crippen LogP contribution in [0.5, 0.6) is 5.75 Å². The molecule has 2 aromatic rings. The first-order valence-electron chi connectivity index (χ1n) is 9.71. The van der Waals surface area contributed by atoms with Crippen molar-refractivity contribution < 1.29 is 9.52 Å². The first kappa shape index (κ1) is 17.7. The fraction of sp³-hybridized carbons (Fsp3) is 0.500. The second-order valence-electron chi connectivity index (χ2n) is 7.66. The van der Waals surface area contributed by atoms with Gasteiger partial charge in [0.25, 0.3) is 0 Å². The topological polar surface area (TPSA) is 50.4 Å². The molecule has 26 heavy (non-hydrogen) atoms. The highest BCUT2D eigenvalue weighted by Crippen LogP contribution is 2.48. The van der Waals surface area contributed by atoms with Crippen LogP contribution in [-0.2, 0) is 18.7 Å². The molecule has 1 atom stereocenters. The van der Waals surface area contributed by atoms with Crippen LogP contribution in [0.4, 0.5) is 0 Å². The molecule has 1 heterocycles. The Kier molecular flexibility index (Phi) is 5.08. The lowest BCUT2D eigenvalue weighted by Gasteiger charge is -2.21. The molecule has 0 spiro atoms. The number of rotatable bonds is 4. The highest BCUT2D eigenvalue weighted by Gasteiger charge is 2.38. The van der Waals surface area contributed by atoms with E-state index in [1.54, 1.807) is 0 Å². The molecule has 1 saturated carbocycles. The largest absolute Gasteiger partial charge is 0.507 e. The quantitative estimate of drug-likeness (QED) is 0.742. The second kappa shape index (κ2) is 7.48. The Morgan fingerprint density at radius 1 is 1.15 bits per heavy atom. The fourth-order valence-electron chi connectivity index (χ4n) is 4.27. The summed E-state index contributed by atoms with van der Waals surface area (Å²) in [5.74, 6) is 1.60. The van der Waals surface area contributed by atoms with Crippen molar-refractivity contribution in [1.82, 2.24) is 0 Å². The summed E-state index contributed by atoms with van der Waals surface area (Å²) in [5.41, 5.74) is 3.04. The van der Waals surface area contributed by atoms with Crippen LogP contribution < -0.4 is 5.63 Å². The molecule has 0 bridgehead atoms. The Morgan fingerprint density at radius 2 is 1.92 bits per heavy atom. The molecule has 2 aliphatic carbocycles. The zero-order chi connectivity index (χ0) is 18.1. The highest BCUT2D eigenvalue weighted by molar-refractivity contribution is 6.17. The van der Waals surface area contributed by atoms with Crippen LogP contribution >= 0.6 is 11.6 Å². The molecule has 1 aromatic carbocycles. The van der Waals surface area contributed by atoms with Gasteiger partial charge in [0.15, 0.2) is 0 Å². The number of fused-ring (bicyclic) bond motifs is 1. The van der Waals surface area contributed by atoms with Gasteiger partial charge in [-0.05, 0) is 49.1 Å². The highest BCUT2D eigenvalue weighted by atomic mass is 35.5. The minimum Gasteiger partial charge on any atom is -0.507 e. The van der Waals surface area contributed by atoms with E-state index in [9.17, 15) is 9.90 Å². The van der Waals surface area contributed by atoms with Gasteiger partial charge >= 0.3 is 5.63 Å². The Hall–Kier alpha value is -1.74. The lowest BCUT2D eigenvalue weighted by Crippen LogP contribution is -2.19. The molecule has 0 amide bonds. The summed E-state index contributed by atoms with van der Waals surface area (Å²) in [7, 11) is 0. The predicted octanol–water partition coefficient (Wildman–Crippen LogP) is 5.29. The number of hydrogen-bond donors (Lipinski definition) is 1. The minimum atomic E-state index is -0.366. The fourth-order valence-corrected chi connectivity index (χ4v) is 4.43. The third kappa shape index (κ3) is 3.42. The molecule has 1 fully saturated rings. The van der Waals surface area contributed by atoms with Crippen molar-refractivity contribution in [2.75, 3.05) is 0 Å². The number of aryl methyl sites for hydroxylation is 1. The Bertz CT molecular complexity index is 851. The Morgan fingerprint density at radius 3 is 2.65 bits per heavy atom. The maximum Gasteiger partial charge on any atom is 0.343 e. The molecule has 1 N–H and O–H groups in total. The molecular formula is C22H25ClO3. The predicted molar refractivity (Wildman–Crippen MR) is 103 cm³/mol. The van der Waals surface area contributed by atoms with E-state index in [0.717, 1.165) is 68.1 Å². The van der Waals surface area contributed by atoms with Crippen molar-refractivity contribution in [3.05, 3.63) is 62.7 Å². The van der Waals surface area contributed by atoms with Crippen LogP contribution in [-0.4, -0.2) is 5.11 Å². The van der Waals surface area contributed by atoms with Crippen molar-refractivity contribution >= 4 is 11.6 Å². The first-order chi connectivity index (χ1) is 12.7. The van der Waals surface area contributed by atoms with Gasteiger partial charge in [-0.25, -0.2) is 4.79 Å². The van der Waals surface area contributed by atoms with Gasteiger partial charge in [0.05, 0.1) is 5.56 Å². The van der Waals surface area contributed by atoms with Crippen molar-refractivity contribution in [1.29, 1.82) is 0 Å². The van der Waals surface area contributed by atoms with E-state index < -0.39 is 0 Å². The number of aromatic hydroxyl groups is 1. The smallest absolute Gasteiger partial charge is 0.343 e. The lowest BCUT2D eigenvalue weighted by atomic mass is 9.85. The third-order valence-electron chi connectivity index (χ3n) is 5.76. The summed E-state index contributed by atoms with van der Waals surface area (Å²) >= 11 is 6.01. The van der Waals surface area contributed by atoms with Crippen molar-refractivity contribution in [2.24, 2.45) is 5.92 Å². The standard InChI is InChI=1S/C22H25ClO3/c23-13-14-6-5-7-16(12-14)19(15-10-11-15)20-21(24)17-8-3-1-2-4-9-18(17)26-22(20)25/h5-7,12,15,19,24H,1-4,8-11,13H2. The molecule has 2 aliphatic rings. The van der Waals surface area contributed by atoms with E-state index in [-0.39, 0.29) is 17.3 Å². The van der Waals surface area contributed by atoms with Crippen LogP contribution in [0.1, 0.15) is 72.5 Å². The molecule has 1 aromatic heterocycles. The van der Waals surface area contributed by atoms with Crippen LogP contribution in [0.25, 0.3) is 0 Å². The van der Waals surface area contributed by atoms with E-state index in [1.807, 2.05) is 18.2 Å². The summed E-state index contributed by atoms with van der Waals surface area (Å²) < 4.78 is 5.74. The van der Waals surface area contributed by atoms with Crippen molar-refractivity contribution in [3.8, 4) is 5.75 Å². The third-order valence-corrected chi connectivity index (χ3v) is 6.07. The molecule has 0 saturated heterocycles. The molecule has 138 valence electrons. The van der Waals surface area contributed by atoms with Gasteiger partial charge < -0.3 is 9.52 Å². The number of hydrogen-bond acceptors (Lipinski definition) is 3.